The molecule has 8 heteroatoms. The molecular formula is C23H30FN5O2. The summed E-state index contributed by atoms with van der Waals surface area (Å²) in [6.45, 7) is 3.22. The van der Waals surface area contributed by atoms with Gasteiger partial charge in [0.25, 0.3) is 5.91 Å². The molecule has 5 rings (SSSR count). The van der Waals surface area contributed by atoms with Crippen LogP contribution in [0.4, 0.5) is 9.18 Å². The summed E-state index contributed by atoms with van der Waals surface area (Å²) in [5, 5.41) is 6.84. The Bertz CT molecular complexity index is 968. The van der Waals surface area contributed by atoms with Crippen molar-refractivity contribution < 1.29 is 14.0 Å². The minimum Gasteiger partial charge on any atom is -0.351 e. The molecule has 166 valence electrons. The lowest BCUT2D eigenvalue weighted by molar-refractivity contribution is 0.0912. The minimum absolute atomic E-state index is 0.126. The second-order valence-corrected chi connectivity index (χ2v) is 9.06. The molecule has 3 amide bonds. The molecule has 2 aliphatic heterocycles. The van der Waals surface area contributed by atoms with Crippen molar-refractivity contribution in [2.75, 3.05) is 26.2 Å². The fourth-order valence-corrected chi connectivity index (χ4v) is 5.50. The summed E-state index contributed by atoms with van der Waals surface area (Å²) in [6.07, 6.45) is 6.63. The standard InChI is InChI=1S/C23H30FN5O2/c24-16-5-6-18-15(13-16)14-20(26-18)22(30)25-9-12-28-10-7-17(8-11-28)29-21-4-2-1-3-19(21)27-23(29)31/h5-6,13-14,17,19,21,26H,1-4,7-12H2,(H,25,30)(H,27,31). The van der Waals surface area contributed by atoms with Gasteiger partial charge in [-0.3, -0.25) is 4.79 Å². The second-order valence-electron chi connectivity index (χ2n) is 9.06. The fourth-order valence-electron chi connectivity index (χ4n) is 5.50. The number of hydrogen-bond donors (Lipinski definition) is 3. The van der Waals surface area contributed by atoms with Crippen LogP contribution in [0.15, 0.2) is 24.3 Å². The molecule has 0 radical (unpaired) electrons. The molecule has 31 heavy (non-hydrogen) atoms. The molecule has 0 spiro atoms. The number of carbonyl (C=O) groups excluding carboxylic acids is 2. The van der Waals surface area contributed by atoms with E-state index >= 15 is 0 Å². The smallest absolute Gasteiger partial charge is 0.318 e. The molecule has 2 saturated heterocycles. The van der Waals surface area contributed by atoms with Gasteiger partial charge in [-0.05, 0) is 49.9 Å². The Labute approximate surface area is 181 Å². The van der Waals surface area contributed by atoms with E-state index in [4.69, 9.17) is 0 Å². The molecule has 3 fully saturated rings. The highest BCUT2D eigenvalue weighted by molar-refractivity contribution is 5.98. The highest BCUT2D eigenvalue weighted by atomic mass is 19.1. The van der Waals surface area contributed by atoms with Gasteiger partial charge in [-0.15, -0.1) is 0 Å². The number of hydrogen-bond acceptors (Lipinski definition) is 3. The van der Waals surface area contributed by atoms with Crippen LogP contribution in [0, 0.1) is 5.82 Å². The first kappa shape index (κ1) is 20.3. The van der Waals surface area contributed by atoms with Crippen LogP contribution in [-0.4, -0.2) is 71.0 Å². The van der Waals surface area contributed by atoms with E-state index in [2.05, 4.69) is 25.4 Å². The van der Waals surface area contributed by atoms with Gasteiger partial charge in [-0.25, -0.2) is 9.18 Å². The number of nitrogens with zero attached hydrogens (tertiary/aromatic N) is 2. The molecule has 1 aromatic carbocycles. The Balaban J connectivity index is 1.09. The molecular weight excluding hydrogens is 397 g/mol. The van der Waals surface area contributed by atoms with Crippen LogP contribution in [0.5, 0.6) is 0 Å². The van der Waals surface area contributed by atoms with Crippen molar-refractivity contribution >= 4 is 22.8 Å². The van der Waals surface area contributed by atoms with Crippen molar-refractivity contribution in [3.63, 3.8) is 0 Å². The summed E-state index contributed by atoms with van der Waals surface area (Å²) in [7, 11) is 0. The maximum Gasteiger partial charge on any atom is 0.318 e. The first-order valence-corrected chi connectivity index (χ1v) is 11.5. The number of aromatic amines is 1. The summed E-state index contributed by atoms with van der Waals surface area (Å²) >= 11 is 0. The Morgan fingerprint density at radius 2 is 1.94 bits per heavy atom. The number of aromatic nitrogens is 1. The Morgan fingerprint density at radius 3 is 2.77 bits per heavy atom. The summed E-state index contributed by atoms with van der Waals surface area (Å²) in [6, 6.07) is 7.29. The van der Waals surface area contributed by atoms with Crippen LogP contribution in [0.25, 0.3) is 10.9 Å². The summed E-state index contributed by atoms with van der Waals surface area (Å²) in [5.41, 5.74) is 1.20. The second kappa shape index (κ2) is 8.49. The van der Waals surface area contributed by atoms with E-state index in [0.29, 0.717) is 35.8 Å². The Morgan fingerprint density at radius 1 is 1.13 bits per heavy atom. The first-order chi connectivity index (χ1) is 15.1. The summed E-state index contributed by atoms with van der Waals surface area (Å²) in [4.78, 5) is 32.5. The van der Waals surface area contributed by atoms with Crippen LogP contribution < -0.4 is 10.6 Å². The lowest BCUT2D eigenvalue weighted by Gasteiger charge is -2.40. The van der Waals surface area contributed by atoms with Gasteiger partial charge in [0.1, 0.15) is 11.5 Å². The third-order valence-corrected chi connectivity index (χ3v) is 7.12. The number of likely N-dealkylation sites (tertiary alicyclic amines) is 1. The van der Waals surface area contributed by atoms with Gasteiger partial charge in [0.15, 0.2) is 0 Å². The van der Waals surface area contributed by atoms with E-state index in [1.54, 1.807) is 12.1 Å². The van der Waals surface area contributed by atoms with Crippen LogP contribution >= 0.6 is 0 Å². The molecule has 3 N–H and O–H groups in total. The molecule has 2 unspecified atom stereocenters. The van der Waals surface area contributed by atoms with Gasteiger partial charge in [0, 0.05) is 43.1 Å². The van der Waals surface area contributed by atoms with Crippen LogP contribution in [0.1, 0.15) is 49.0 Å². The number of urea groups is 1. The molecule has 0 bridgehead atoms. The molecule has 3 heterocycles. The molecule has 3 aliphatic rings. The number of halogens is 1. The normalized spacial score (nSPS) is 24.9. The van der Waals surface area contributed by atoms with E-state index in [9.17, 15) is 14.0 Å². The molecule has 1 aliphatic carbocycles. The number of nitrogens with one attached hydrogen (secondary N) is 3. The molecule has 7 nitrogen and oxygen atoms in total. The fraction of sp³-hybridized carbons (Fsp3) is 0.565. The maximum atomic E-state index is 13.3. The monoisotopic (exact) mass is 427 g/mol. The average molecular weight is 428 g/mol. The van der Waals surface area contributed by atoms with Gasteiger partial charge < -0.3 is 25.4 Å². The summed E-state index contributed by atoms with van der Waals surface area (Å²) in [5.74, 6) is -0.490. The zero-order chi connectivity index (χ0) is 21.4. The molecule has 1 aromatic heterocycles. The predicted octanol–water partition coefficient (Wildman–Crippen LogP) is 2.84. The minimum atomic E-state index is -0.313. The van der Waals surface area contributed by atoms with E-state index in [0.717, 1.165) is 50.8 Å². The van der Waals surface area contributed by atoms with Crippen LogP contribution in [-0.2, 0) is 0 Å². The van der Waals surface area contributed by atoms with Crippen molar-refractivity contribution in [3.8, 4) is 0 Å². The Hall–Kier alpha value is -2.61. The third kappa shape index (κ3) is 4.13. The zero-order valence-electron chi connectivity index (χ0n) is 17.7. The van der Waals surface area contributed by atoms with Crippen molar-refractivity contribution in [1.29, 1.82) is 0 Å². The summed E-state index contributed by atoms with van der Waals surface area (Å²) < 4.78 is 13.3. The molecule has 2 atom stereocenters. The van der Waals surface area contributed by atoms with E-state index < -0.39 is 0 Å². The lowest BCUT2D eigenvalue weighted by Crippen LogP contribution is -2.50. The molecule has 2 aromatic rings. The highest BCUT2D eigenvalue weighted by Gasteiger charge is 2.44. The topological polar surface area (TPSA) is 80.5 Å². The highest BCUT2D eigenvalue weighted by Crippen LogP contribution is 2.32. The maximum absolute atomic E-state index is 13.3. The zero-order valence-corrected chi connectivity index (χ0v) is 17.7. The lowest BCUT2D eigenvalue weighted by atomic mass is 9.89. The first-order valence-electron chi connectivity index (χ1n) is 11.5. The van der Waals surface area contributed by atoms with Crippen molar-refractivity contribution in [2.45, 2.75) is 56.7 Å². The van der Waals surface area contributed by atoms with Gasteiger partial charge in [-0.1, -0.05) is 12.8 Å². The number of fused-ring (bicyclic) bond motifs is 2. The third-order valence-electron chi connectivity index (χ3n) is 7.12. The van der Waals surface area contributed by atoms with E-state index in [-0.39, 0.29) is 17.8 Å². The number of H-pyrrole nitrogens is 1. The number of rotatable bonds is 5. The van der Waals surface area contributed by atoms with Crippen LogP contribution in [0.2, 0.25) is 0 Å². The van der Waals surface area contributed by atoms with Gasteiger partial charge in [-0.2, -0.15) is 0 Å². The average Bonchev–Trinajstić information content (AvgIpc) is 3.34. The van der Waals surface area contributed by atoms with Crippen LogP contribution in [0.3, 0.4) is 0 Å². The number of carbonyl (C=O) groups is 2. The van der Waals surface area contributed by atoms with Gasteiger partial charge >= 0.3 is 6.03 Å². The SMILES string of the molecule is O=C(NCCN1CCC(N2C(=O)NC3CCCCC32)CC1)c1cc2cc(F)ccc2[nH]1. The van der Waals surface area contributed by atoms with E-state index in [1.165, 1.54) is 25.0 Å². The van der Waals surface area contributed by atoms with Gasteiger partial charge in [0.05, 0.1) is 12.1 Å². The largest absolute Gasteiger partial charge is 0.351 e. The van der Waals surface area contributed by atoms with Crippen molar-refractivity contribution in [1.82, 2.24) is 25.4 Å². The van der Waals surface area contributed by atoms with Crippen molar-refractivity contribution in [3.05, 3.63) is 35.8 Å². The Kier molecular flexibility index (Phi) is 5.56. The molecule has 1 saturated carbocycles. The predicted molar refractivity (Wildman–Crippen MR) is 116 cm³/mol. The number of amides is 3. The number of benzene rings is 1. The van der Waals surface area contributed by atoms with Gasteiger partial charge in [0.2, 0.25) is 0 Å². The number of piperidine rings is 1. The quantitative estimate of drug-likeness (QED) is 0.687. The van der Waals surface area contributed by atoms with Crippen molar-refractivity contribution in [2.24, 2.45) is 0 Å². The van der Waals surface area contributed by atoms with E-state index in [1.807, 2.05) is 0 Å².